The first-order valence-corrected chi connectivity index (χ1v) is 7.45. The fourth-order valence-electron chi connectivity index (χ4n) is 2.52. The second-order valence-corrected chi connectivity index (χ2v) is 6.07. The summed E-state index contributed by atoms with van der Waals surface area (Å²) in [6, 6.07) is 6.93. The minimum Gasteiger partial charge on any atom is -0.490 e. The number of hydrogen-bond donors (Lipinski definition) is 1. The molecular formula is C17H29NO2. The smallest absolute Gasteiger partial charge is 0.125 e. The second kappa shape index (κ2) is 7.65. The Bertz CT molecular complexity index is 387. The molecule has 0 saturated heterocycles. The van der Waals surface area contributed by atoms with E-state index in [-0.39, 0.29) is 0 Å². The molecule has 0 saturated carbocycles. The third kappa shape index (κ3) is 4.80. The van der Waals surface area contributed by atoms with Crippen LogP contribution < -0.4 is 4.74 Å². The number of aliphatic hydroxyl groups excluding tert-OH is 1. The van der Waals surface area contributed by atoms with Crippen LogP contribution in [0, 0.1) is 13.8 Å². The average Bonchev–Trinajstić information content (AvgIpc) is 2.34. The molecule has 0 aromatic heterocycles. The lowest BCUT2D eigenvalue weighted by molar-refractivity contribution is 0.0442. The minimum absolute atomic E-state index is 0.335. The van der Waals surface area contributed by atoms with Gasteiger partial charge in [-0.1, -0.05) is 18.2 Å². The highest BCUT2D eigenvalue weighted by molar-refractivity contribution is 5.39. The standard InChI is InChI=1S/C17H29NO2/c1-12(2)18(13(3)4)10-16(19)11-20-17-14(5)8-7-9-15(17)6/h7-9,12-13,16,19H,10-11H2,1-6H3. The predicted molar refractivity (Wildman–Crippen MR) is 84.4 cm³/mol. The summed E-state index contributed by atoms with van der Waals surface area (Å²) >= 11 is 0. The van der Waals surface area contributed by atoms with Gasteiger partial charge in [-0.3, -0.25) is 4.90 Å². The monoisotopic (exact) mass is 279 g/mol. The Hall–Kier alpha value is -1.06. The van der Waals surface area contributed by atoms with Gasteiger partial charge in [0.25, 0.3) is 0 Å². The molecular weight excluding hydrogens is 250 g/mol. The van der Waals surface area contributed by atoms with Crippen molar-refractivity contribution in [2.45, 2.75) is 59.7 Å². The molecule has 1 rings (SSSR count). The molecule has 114 valence electrons. The van der Waals surface area contributed by atoms with Gasteiger partial charge < -0.3 is 9.84 Å². The summed E-state index contributed by atoms with van der Waals surface area (Å²) in [6.45, 7) is 13.6. The Morgan fingerprint density at radius 1 is 1.05 bits per heavy atom. The van der Waals surface area contributed by atoms with E-state index >= 15 is 0 Å². The third-order valence-corrected chi connectivity index (χ3v) is 3.58. The summed E-state index contributed by atoms with van der Waals surface area (Å²) in [4.78, 5) is 2.28. The fraction of sp³-hybridized carbons (Fsp3) is 0.647. The minimum atomic E-state index is -0.473. The molecule has 3 heteroatoms. The van der Waals surface area contributed by atoms with Crippen LogP contribution in [0.25, 0.3) is 0 Å². The molecule has 0 bridgehead atoms. The van der Waals surface area contributed by atoms with Crippen LogP contribution in [0.15, 0.2) is 18.2 Å². The maximum atomic E-state index is 10.2. The number of aryl methyl sites for hydroxylation is 2. The van der Waals surface area contributed by atoms with Gasteiger partial charge in [0.15, 0.2) is 0 Å². The van der Waals surface area contributed by atoms with Gasteiger partial charge in [0.2, 0.25) is 0 Å². The Labute approximate surface area is 123 Å². The van der Waals surface area contributed by atoms with Crippen molar-refractivity contribution in [3.05, 3.63) is 29.3 Å². The second-order valence-electron chi connectivity index (χ2n) is 6.07. The van der Waals surface area contributed by atoms with E-state index in [0.29, 0.717) is 25.2 Å². The highest BCUT2D eigenvalue weighted by atomic mass is 16.5. The van der Waals surface area contributed by atoms with E-state index < -0.39 is 6.10 Å². The first-order valence-electron chi connectivity index (χ1n) is 7.45. The van der Waals surface area contributed by atoms with E-state index in [1.807, 2.05) is 32.0 Å². The fourth-order valence-corrected chi connectivity index (χ4v) is 2.52. The molecule has 3 nitrogen and oxygen atoms in total. The lowest BCUT2D eigenvalue weighted by Gasteiger charge is -2.32. The van der Waals surface area contributed by atoms with Crippen molar-refractivity contribution in [3.63, 3.8) is 0 Å². The van der Waals surface area contributed by atoms with Crippen molar-refractivity contribution < 1.29 is 9.84 Å². The van der Waals surface area contributed by atoms with Crippen LogP contribution in [0.2, 0.25) is 0 Å². The summed E-state index contributed by atoms with van der Waals surface area (Å²) < 4.78 is 5.81. The molecule has 0 aliphatic carbocycles. The van der Waals surface area contributed by atoms with Crippen molar-refractivity contribution in [3.8, 4) is 5.75 Å². The summed E-state index contributed by atoms with van der Waals surface area (Å²) in [5.41, 5.74) is 2.23. The van der Waals surface area contributed by atoms with Gasteiger partial charge in [-0.2, -0.15) is 0 Å². The molecule has 0 heterocycles. The first-order chi connectivity index (χ1) is 9.32. The van der Waals surface area contributed by atoms with Crippen molar-refractivity contribution >= 4 is 0 Å². The van der Waals surface area contributed by atoms with E-state index in [1.54, 1.807) is 0 Å². The molecule has 0 amide bonds. The van der Waals surface area contributed by atoms with Gasteiger partial charge >= 0.3 is 0 Å². The van der Waals surface area contributed by atoms with Gasteiger partial charge in [0.05, 0.1) is 0 Å². The summed E-state index contributed by atoms with van der Waals surface area (Å²) in [5.74, 6) is 0.896. The molecule has 1 atom stereocenters. The van der Waals surface area contributed by atoms with E-state index in [0.717, 1.165) is 16.9 Å². The number of benzene rings is 1. The van der Waals surface area contributed by atoms with Gasteiger partial charge in [-0.15, -0.1) is 0 Å². The van der Waals surface area contributed by atoms with Crippen LogP contribution in [-0.2, 0) is 0 Å². The zero-order valence-corrected chi connectivity index (χ0v) is 13.7. The summed E-state index contributed by atoms with van der Waals surface area (Å²) in [6.07, 6.45) is -0.473. The molecule has 1 N–H and O–H groups in total. The quantitative estimate of drug-likeness (QED) is 0.832. The van der Waals surface area contributed by atoms with Crippen LogP contribution in [0.5, 0.6) is 5.75 Å². The van der Waals surface area contributed by atoms with Crippen LogP contribution >= 0.6 is 0 Å². The van der Waals surface area contributed by atoms with Gasteiger partial charge in [-0.05, 0) is 52.7 Å². The van der Waals surface area contributed by atoms with Gasteiger partial charge in [-0.25, -0.2) is 0 Å². The maximum Gasteiger partial charge on any atom is 0.125 e. The normalized spacial score (nSPS) is 13.3. The number of rotatable bonds is 7. The molecule has 0 aliphatic rings. The molecule has 0 fully saturated rings. The molecule has 1 aromatic rings. The zero-order valence-electron chi connectivity index (χ0n) is 13.7. The number of aliphatic hydroxyl groups is 1. The predicted octanol–water partition coefficient (Wildman–Crippen LogP) is 3.16. The van der Waals surface area contributed by atoms with E-state index in [1.165, 1.54) is 0 Å². The third-order valence-electron chi connectivity index (χ3n) is 3.58. The SMILES string of the molecule is Cc1cccc(C)c1OCC(O)CN(C(C)C)C(C)C. The molecule has 0 spiro atoms. The summed E-state index contributed by atoms with van der Waals surface area (Å²) in [5, 5.41) is 10.2. The van der Waals surface area contributed by atoms with Crippen molar-refractivity contribution in [2.24, 2.45) is 0 Å². The van der Waals surface area contributed by atoms with Gasteiger partial charge in [0, 0.05) is 18.6 Å². The Kier molecular flexibility index (Phi) is 6.50. The van der Waals surface area contributed by atoms with Crippen LogP contribution in [-0.4, -0.2) is 41.3 Å². The maximum absolute atomic E-state index is 10.2. The van der Waals surface area contributed by atoms with Crippen molar-refractivity contribution in [1.82, 2.24) is 4.90 Å². The molecule has 1 unspecified atom stereocenters. The Balaban J connectivity index is 2.57. The largest absolute Gasteiger partial charge is 0.490 e. The van der Waals surface area contributed by atoms with Crippen LogP contribution in [0.3, 0.4) is 0 Å². The zero-order chi connectivity index (χ0) is 15.3. The first kappa shape index (κ1) is 17.0. The van der Waals surface area contributed by atoms with E-state index in [9.17, 15) is 5.11 Å². The number of nitrogens with zero attached hydrogens (tertiary/aromatic N) is 1. The number of hydrogen-bond acceptors (Lipinski definition) is 3. The highest BCUT2D eigenvalue weighted by Gasteiger charge is 2.18. The molecule has 0 radical (unpaired) electrons. The average molecular weight is 279 g/mol. The highest BCUT2D eigenvalue weighted by Crippen LogP contribution is 2.22. The lowest BCUT2D eigenvalue weighted by atomic mass is 10.1. The van der Waals surface area contributed by atoms with Crippen LogP contribution in [0.1, 0.15) is 38.8 Å². The topological polar surface area (TPSA) is 32.7 Å². The summed E-state index contributed by atoms with van der Waals surface area (Å²) in [7, 11) is 0. The van der Waals surface area contributed by atoms with Crippen molar-refractivity contribution in [2.75, 3.05) is 13.2 Å². The van der Waals surface area contributed by atoms with Crippen molar-refractivity contribution in [1.29, 1.82) is 0 Å². The lowest BCUT2D eigenvalue weighted by Crippen LogP contribution is -2.43. The number of para-hydroxylation sites is 1. The molecule has 1 aromatic carbocycles. The number of ether oxygens (including phenoxy) is 1. The molecule has 0 aliphatic heterocycles. The van der Waals surface area contributed by atoms with Gasteiger partial charge in [0.1, 0.15) is 18.5 Å². The van der Waals surface area contributed by atoms with E-state index in [2.05, 4.69) is 32.6 Å². The Morgan fingerprint density at radius 3 is 2.00 bits per heavy atom. The van der Waals surface area contributed by atoms with E-state index in [4.69, 9.17) is 4.74 Å². The van der Waals surface area contributed by atoms with Crippen LogP contribution in [0.4, 0.5) is 0 Å². The Morgan fingerprint density at radius 2 is 1.55 bits per heavy atom. The molecule has 20 heavy (non-hydrogen) atoms.